The van der Waals surface area contributed by atoms with Gasteiger partial charge in [0.1, 0.15) is 5.82 Å². The zero-order chi connectivity index (χ0) is 13.0. The minimum atomic E-state index is -0.328. The van der Waals surface area contributed by atoms with Crippen molar-refractivity contribution in [3.05, 3.63) is 64.9 Å². The van der Waals surface area contributed by atoms with Crippen LogP contribution in [0.4, 0.5) is 10.1 Å². The number of amides is 1. The molecule has 92 valence electrons. The van der Waals surface area contributed by atoms with Gasteiger partial charge < -0.3 is 5.32 Å². The summed E-state index contributed by atoms with van der Waals surface area (Å²) >= 11 is 5.76. The molecule has 0 aromatic heterocycles. The fourth-order valence-electron chi connectivity index (χ4n) is 1.53. The quantitative estimate of drug-likeness (QED) is 0.900. The van der Waals surface area contributed by atoms with Crippen LogP contribution in [0.3, 0.4) is 0 Å². The third kappa shape index (κ3) is 3.57. The summed E-state index contributed by atoms with van der Waals surface area (Å²) in [7, 11) is 0. The molecule has 0 bridgehead atoms. The third-order valence-corrected chi connectivity index (χ3v) is 2.66. The van der Waals surface area contributed by atoms with Crippen LogP contribution in [0, 0.1) is 5.82 Å². The van der Waals surface area contributed by atoms with Crippen molar-refractivity contribution in [2.45, 2.75) is 6.42 Å². The standard InChI is InChI=1S/C14H11ClFNO/c15-11-3-1-10(2-4-11)9-14(18)17-13-7-5-12(16)6-8-13/h1-8H,9H2,(H,17,18). The molecule has 0 heterocycles. The lowest BCUT2D eigenvalue weighted by Gasteiger charge is -2.05. The summed E-state index contributed by atoms with van der Waals surface area (Å²) in [5.41, 5.74) is 1.45. The van der Waals surface area contributed by atoms with Crippen LogP contribution in [0.5, 0.6) is 0 Å². The second-order valence-corrected chi connectivity index (χ2v) is 4.29. The first-order valence-electron chi connectivity index (χ1n) is 5.43. The highest BCUT2D eigenvalue weighted by Crippen LogP contribution is 2.12. The Labute approximate surface area is 109 Å². The molecular formula is C14H11ClFNO. The van der Waals surface area contributed by atoms with Gasteiger partial charge in [-0.2, -0.15) is 0 Å². The van der Waals surface area contributed by atoms with Crippen LogP contribution in [0.25, 0.3) is 0 Å². The number of anilines is 1. The first-order valence-corrected chi connectivity index (χ1v) is 5.81. The minimum absolute atomic E-state index is 0.149. The summed E-state index contributed by atoms with van der Waals surface area (Å²) in [5.74, 6) is -0.477. The predicted molar refractivity (Wildman–Crippen MR) is 70.2 cm³/mol. The minimum Gasteiger partial charge on any atom is -0.326 e. The molecule has 0 unspecified atom stereocenters. The highest BCUT2D eigenvalue weighted by Gasteiger charge is 2.04. The van der Waals surface area contributed by atoms with Crippen LogP contribution in [0.2, 0.25) is 5.02 Å². The molecular weight excluding hydrogens is 253 g/mol. The Kier molecular flexibility index (Phi) is 3.95. The molecule has 2 nitrogen and oxygen atoms in total. The van der Waals surface area contributed by atoms with Crippen LogP contribution in [-0.2, 0) is 11.2 Å². The molecule has 0 fully saturated rings. The van der Waals surface area contributed by atoms with Crippen LogP contribution >= 0.6 is 11.6 Å². The maximum absolute atomic E-state index is 12.7. The Balaban J connectivity index is 1.96. The van der Waals surface area contributed by atoms with Gasteiger partial charge in [-0.3, -0.25) is 4.79 Å². The van der Waals surface area contributed by atoms with Crippen LogP contribution < -0.4 is 5.32 Å². The van der Waals surface area contributed by atoms with E-state index in [4.69, 9.17) is 11.6 Å². The van der Waals surface area contributed by atoms with Gasteiger partial charge in [-0.1, -0.05) is 23.7 Å². The van der Waals surface area contributed by atoms with Gasteiger partial charge in [0.05, 0.1) is 6.42 Å². The maximum Gasteiger partial charge on any atom is 0.228 e. The molecule has 1 N–H and O–H groups in total. The first kappa shape index (κ1) is 12.6. The van der Waals surface area contributed by atoms with Crippen molar-refractivity contribution in [3.63, 3.8) is 0 Å². The number of benzene rings is 2. The Morgan fingerprint density at radius 1 is 1.06 bits per heavy atom. The number of nitrogens with one attached hydrogen (secondary N) is 1. The lowest BCUT2D eigenvalue weighted by Crippen LogP contribution is -2.14. The molecule has 0 saturated carbocycles. The fourth-order valence-corrected chi connectivity index (χ4v) is 1.65. The molecule has 2 aromatic carbocycles. The van der Waals surface area contributed by atoms with E-state index in [0.29, 0.717) is 10.7 Å². The molecule has 0 radical (unpaired) electrons. The van der Waals surface area contributed by atoms with Gasteiger partial charge in [-0.25, -0.2) is 4.39 Å². The van der Waals surface area contributed by atoms with E-state index in [1.54, 1.807) is 24.3 Å². The van der Waals surface area contributed by atoms with Gasteiger partial charge in [0.15, 0.2) is 0 Å². The SMILES string of the molecule is O=C(Cc1ccc(Cl)cc1)Nc1ccc(F)cc1. The highest BCUT2D eigenvalue weighted by atomic mass is 35.5. The van der Waals surface area contributed by atoms with Crippen molar-refractivity contribution in [2.75, 3.05) is 5.32 Å². The normalized spacial score (nSPS) is 10.1. The van der Waals surface area contributed by atoms with Gasteiger partial charge >= 0.3 is 0 Å². The Bertz CT molecular complexity index is 487. The Morgan fingerprint density at radius 3 is 2.28 bits per heavy atom. The second-order valence-electron chi connectivity index (χ2n) is 3.86. The molecule has 0 aliphatic rings. The molecule has 0 atom stereocenters. The van der Waals surface area contributed by atoms with Crippen LogP contribution in [0.15, 0.2) is 48.5 Å². The van der Waals surface area contributed by atoms with Crippen molar-refractivity contribution in [1.29, 1.82) is 0 Å². The largest absolute Gasteiger partial charge is 0.326 e. The Hall–Kier alpha value is -1.87. The third-order valence-electron chi connectivity index (χ3n) is 2.41. The van der Waals surface area contributed by atoms with Crippen molar-refractivity contribution in [3.8, 4) is 0 Å². The molecule has 0 spiro atoms. The summed E-state index contributed by atoms with van der Waals surface area (Å²) in [5, 5.41) is 3.33. The van der Waals surface area contributed by atoms with Crippen molar-refractivity contribution >= 4 is 23.2 Å². The average molecular weight is 264 g/mol. The summed E-state index contributed by atoms with van der Waals surface area (Å²) < 4.78 is 12.7. The number of carbonyl (C=O) groups excluding carboxylic acids is 1. The number of carbonyl (C=O) groups is 1. The van der Waals surface area contributed by atoms with Crippen molar-refractivity contribution in [2.24, 2.45) is 0 Å². The van der Waals surface area contributed by atoms with Gasteiger partial charge in [-0.15, -0.1) is 0 Å². The molecule has 4 heteroatoms. The molecule has 0 saturated heterocycles. The van der Waals surface area contributed by atoms with E-state index in [2.05, 4.69) is 5.32 Å². The number of hydrogen-bond acceptors (Lipinski definition) is 1. The summed E-state index contributed by atoms with van der Waals surface area (Å²) in [4.78, 5) is 11.7. The number of hydrogen-bond donors (Lipinski definition) is 1. The number of halogens is 2. The topological polar surface area (TPSA) is 29.1 Å². The van der Waals surface area contributed by atoms with Gasteiger partial charge in [0.25, 0.3) is 0 Å². The molecule has 18 heavy (non-hydrogen) atoms. The van der Waals surface area contributed by atoms with E-state index in [1.807, 2.05) is 0 Å². The average Bonchev–Trinajstić information content (AvgIpc) is 2.35. The molecule has 2 rings (SSSR count). The number of rotatable bonds is 3. The lowest BCUT2D eigenvalue weighted by molar-refractivity contribution is -0.115. The second kappa shape index (κ2) is 5.65. The van der Waals surface area contributed by atoms with Crippen molar-refractivity contribution in [1.82, 2.24) is 0 Å². The predicted octanol–water partition coefficient (Wildman–Crippen LogP) is 3.66. The first-order chi connectivity index (χ1) is 8.63. The summed E-state index contributed by atoms with van der Waals surface area (Å²) in [6, 6.07) is 12.7. The molecule has 2 aromatic rings. The summed E-state index contributed by atoms with van der Waals surface area (Å²) in [6.45, 7) is 0. The smallest absolute Gasteiger partial charge is 0.228 e. The summed E-state index contributed by atoms with van der Waals surface area (Å²) in [6.07, 6.45) is 0.258. The molecule has 0 aliphatic heterocycles. The van der Waals surface area contributed by atoms with E-state index in [-0.39, 0.29) is 18.1 Å². The fraction of sp³-hybridized carbons (Fsp3) is 0.0714. The lowest BCUT2D eigenvalue weighted by atomic mass is 10.1. The zero-order valence-electron chi connectivity index (χ0n) is 9.49. The van der Waals surface area contributed by atoms with E-state index in [0.717, 1.165) is 5.56 Å². The maximum atomic E-state index is 12.7. The monoisotopic (exact) mass is 263 g/mol. The van der Waals surface area contributed by atoms with E-state index < -0.39 is 0 Å². The van der Waals surface area contributed by atoms with Crippen LogP contribution in [-0.4, -0.2) is 5.91 Å². The van der Waals surface area contributed by atoms with E-state index >= 15 is 0 Å². The van der Waals surface area contributed by atoms with Gasteiger partial charge in [0, 0.05) is 10.7 Å². The van der Waals surface area contributed by atoms with Crippen LogP contribution in [0.1, 0.15) is 5.56 Å². The van der Waals surface area contributed by atoms with Crippen molar-refractivity contribution < 1.29 is 9.18 Å². The molecule has 1 amide bonds. The Morgan fingerprint density at radius 2 is 1.67 bits per heavy atom. The van der Waals surface area contributed by atoms with Gasteiger partial charge in [0.2, 0.25) is 5.91 Å². The zero-order valence-corrected chi connectivity index (χ0v) is 10.2. The highest BCUT2D eigenvalue weighted by molar-refractivity contribution is 6.30. The van der Waals surface area contributed by atoms with E-state index in [9.17, 15) is 9.18 Å². The molecule has 0 aliphatic carbocycles. The van der Waals surface area contributed by atoms with E-state index in [1.165, 1.54) is 24.3 Å². The van der Waals surface area contributed by atoms with Gasteiger partial charge in [-0.05, 0) is 42.0 Å².